The van der Waals surface area contributed by atoms with Crippen molar-refractivity contribution < 1.29 is 23.2 Å². The van der Waals surface area contributed by atoms with Crippen molar-refractivity contribution in [1.82, 2.24) is 4.98 Å². The number of rotatable bonds is 3. The van der Waals surface area contributed by atoms with Crippen molar-refractivity contribution >= 4 is 23.3 Å². The first kappa shape index (κ1) is 17.5. The molecule has 0 radical (unpaired) electrons. The van der Waals surface area contributed by atoms with Crippen LogP contribution in [0.4, 0.5) is 14.5 Å². The third kappa shape index (κ3) is 3.10. The summed E-state index contributed by atoms with van der Waals surface area (Å²) in [7, 11) is 0. The Balaban J connectivity index is 1.98. The van der Waals surface area contributed by atoms with Crippen LogP contribution in [0.25, 0.3) is 0 Å². The molecule has 1 heterocycles. The topological polar surface area (TPSA) is 122 Å². The molecule has 0 saturated carbocycles. The number of amides is 2. The van der Waals surface area contributed by atoms with Crippen LogP contribution in [0.5, 0.6) is 0 Å². The maximum atomic E-state index is 13.9. The number of halogens is 2. The summed E-state index contributed by atoms with van der Waals surface area (Å²) in [6, 6.07) is 2.29. The highest BCUT2D eigenvalue weighted by Gasteiger charge is 2.23. The number of hydrogen-bond acceptors (Lipinski definition) is 4. The molecule has 7 nitrogen and oxygen atoms in total. The average Bonchev–Trinajstić information content (AvgIpc) is 2.56. The molecule has 134 valence electrons. The minimum Gasteiger partial charge on any atom is -0.366 e. The van der Waals surface area contributed by atoms with Gasteiger partial charge in [-0.2, -0.15) is 0 Å². The Morgan fingerprint density at radius 2 is 1.77 bits per heavy atom. The predicted molar refractivity (Wildman–Crippen MR) is 87.2 cm³/mol. The molecule has 1 aromatic heterocycles. The molecule has 1 aliphatic carbocycles. The Kier molecular flexibility index (Phi) is 4.37. The summed E-state index contributed by atoms with van der Waals surface area (Å²) in [5.74, 6) is -4.68. The average molecular weight is 361 g/mol. The van der Waals surface area contributed by atoms with Gasteiger partial charge in [-0.25, -0.2) is 8.78 Å². The van der Waals surface area contributed by atoms with Crippen LogP contribution in [0.1, 0.15) is 49.6 Å². The standard InChI is InChI=1S/C17H13F2N3O4/c18-10-6-11(19)13(5-7(10)15(20)24)22-17(26)9-4-8-12(21-16(9)25)2-1-3-14(8)23/h4-6H,1-3H2,(H2,20,24)(H,21,25)(H,22,26). The fourth-order valence-electron chi connectivity index (χ4n) is 2.77. The molecule has 0 aliphatic heterocycles. The Morgan fingerprint density at radius 1 is 1.04 bits per heavy atom. The molecule has 4 N–H and O–H groups in total. The van der Waals surface area contributed by atoms with E-state index in [4.69, 9.17) is 5.73 Å². The normalized spacial score (nSPS) is 13.2. The zero-order chi connectivity index (χ0) is 19.0. The van der Waals surface area contributed by atoms with Crippen LogP contribution in [0.15, 0.2) is 23.0 Å². The highest BCUT2D eigenvalue weighted by molar-refractivity contribution is 6.07. The lowest BCUT2D eigenvalue weighted by Crippen LogP contribution is -2.28. The summed E-state index contributed by atoms with van der Waals surface area (Å²) in [6.07, 6.45) is 1.41. The number of ketones is 1. The van der Waals surface area contributed by atoms with Gasteiger partial charge in [-0.1, -0.05) is 0 Å². The van der Waals surface area contributed by atoms with Gasteiger partial charge in [0.25, 0.3) is 17.4 Å². The van der Waals surface area contributed by atoms with Crippen LogP contribution in [-0.4, -0.2) is 22.6 Å². The summed E-state index contributed by atoms with van der Waals surface area (Å²) >= 11 is 0. The van der Waals surface area contributed by atoms with Crippen LogP contribution in [0, 0.1) is 11.6 Å². The number of pyridine rings is 1. The van der Waals surface area contributed by atoms with Gasteiger partial charge < -0.3 is 16.0 Å². The molecule has 1 aromatic carbocycles. The Hall–Kier alpha value is -3.36. The Morgan fingerprint density at radius 3 is 2.46 bits per heavy atom. The highest BCUT2D eigenvalue weighted by atomic mass is 19.1. The molecule has 0 saturated heterocycles. The van der Waals surface area contributed by atoms with Gasteiger partial charge in [-0.05, 0) is 25.0 Å². The van der Waals surface area contributed by atoms with Crippen molar-refractivity contribution in [3.8, 4) is 0 Å². The van der Waals surface area contributed by atoms with Gasteiger partial charge in [-0.3, -0.25) is 19.2 Å². The first-order valence-electron chi connectivity index (χ1n) is 7.67. The third-order valence-corrected chi connectivity index (χ3v) is 4.07. The Bertz CT molecular complexity index is 1010. The number of aromatic amines is 1. The zero-order valence-corrected chi connectivity index (χ0v) is 13.3. The van der Waals surface area contributed by atoms with E-state index in [0.717, 1.165) is 12.1 Å². The van der Waals surface area contributed by atoms with E-state index in [9.17, 15) is 28.0 Å². The number of carbonyl (C=O) groups excluding carboxylic acids is 3. The largest absolute Gasteiger partial charge is 0.366 e. The molecule has 9 heteroatoms. The number of aryl methyl sites for hydroxylation is 1. The number of Topliss-reactive ketones (excluding diaryl/α,β-unsaturated/α-hetero) is 1. The van der Waals surface area contributed by atoms with Crippen LogP contribution in [-0.2, 0) is 6.42 Å². The number of anilines is 1. The monoisotopic (exact) mass is 361 g/mol. The first-order valence-corrected chi connectivity index (χ1v) is 7.67. The van der Waals surface area contributed by atoms with E-state index >= 15 is 0 Å². The maximum Gasteiger partial charge on any atom is 0.261 e. The van der Waals surface area contributed by atoms with Crippen molar-refractivity contribution in [2.24, 2.45) is 5.73 Å². The second-order valence-electron chi connectivity index (χ2n) is 5.81. The number of benzene rings is 1. The van der Waals surface area contributed by atoms with Crippen LogP contribution >= 0.6 is 0 Å². The minimum absolute atomic E-state index is 0.208. The molecule has 3 rings (SSSR count). The van der Waals surface area contributed by atoms with Crippen molar-refractivity contribution in [1.29, 1.82) is 0 Å². The van der Waals surface area contributed by atoms with E-state index < -0.39 is 45.8 Å². The lowest BCUT2D eigenvalue weighted by atomic mass is 9.93. The molecule has 26 heavy (non-hydrogen) atoms. The molecular formula is C17H13F2N3O4. The van der Waals surface area contributed by atoms with Gasteiger partial charge in [0, 0.05) is 23.7 Å². The van der Waals surface area contributed by atoms with Gasteiger partial charge in [0.1, 0.15) is 17.2 Å². The predicted octanol–water partition coefficient (Wildman–Crippen LogP) is 1.52. The SMILES string of the molecule is NC(=O)c1cc(NC(=O)c2cc3c([nH]c2=O)CCCC3=O)c(F)cc1F. The number of nitrogens with two attached hydrogens (primary N) is 1. The number of fused-ring (bicyclic) bond motifs is 1. The summed E-state index contributed by atoms with van der Waals surface area (Å²) in [4.78, 5) is 50.0. The van der Waals surface area contributed by atoms with Crippen molar-refractivity contribution in [3.63, 3.8) is 0 Å². The summed E-state index contributed by atoms with van der Waals surface area (Å²) < 4.78 is 27.4. The highest BCUT2D eigenvalue weighted by Crippen LogP contribution is 2.21. The lowest BCUT2D eigenvalue weighted by molar-refractivity contribution is 0.0968. The Labute approximate surface area is 145 Å². The maximum absolute atomic E-state index is 13.9. The first-order chi connectivity index (χ1) is 12.3. The van der Waals surface area contributed by atoms with Gasteiger partial charge >= 0.3 is 0 Å². The second kappa shape index (κ2) is 6.51. The summed E-state index contributed by atoms with van der Waals surface area (Å²) in [6.45, 7) is 0. The van der Waals surface area contributed by atoms with E-state index in [1.807, 2.05) is 0 Å². The zero-order valence-electron chi connectivity index (χ0n) is 13.3. The molecule has 2 aromatic rings. The second-order valence-corrected chi connectivity index (χ2v) is 5.81. The van der Waals surface area contributed by atoms with E-state index in [0.29, 0.717) is 31.0 Å². The van der Waals surface area contributed by atoms with E-state index in [1.54, 1.807) is 0 Å². The van der Waals surface area contributed by atoms with Gasteiger partial charge in [0.15, 0.2) is 5.78 Å². The molecule has 1 aliphatic rings. The lowest BCUT2D eigenvalue weighted by Gasteiger charge is -2.15. The van der Waals surface area contributed by atoms with Crippen molar-refractivity contribution in [2.45, 2.75) is 19.3 Å². The van der Waals surface area contributed by atoms with Crippen LogP contribution in [0.3, 0.4) is 0 Å². The number of aromatic nitrogens is 1. The minimum atomic E-state index is -1.18. The number of hydrogen-bond donors (Lipinski definition) is 3. The smallest absolute Gasteiger partial charge is 0.261 e. The van der Waals surface area contributed by atoms with E-state index in [-0.39, 0.29) is 11.3 Å². The van der Waals surface area contributed by atoms with Crippen molar-refractivity contribution in [2.75, 3.05) is 5.32 Å². The van der Waals surface area contributed by atoms with Gasteiger partial charge in [0.2, 0.25) is 0 Å². The van der Waals surface area contributed by atoms with E-state index in [1.165, 1.54) is 0 Å². The fraction of sp³-hybridized carbons (Fsp3) is 0.176. The molecule has 0 bridgehead atoms. The molecule has 0 spiro atoms. The van der Waals surface area contributed by atoms with Gasteiger partial charge in [0.05, 0.1) is 11.3 Å². The molecule has 0 atom stereocenters. The quantitative estimate of drug-likeness (QED) is 0.767. The van der Waals surface area contributed by atoms with Crippen LogP contribution in [0.2, 0.25) is 0 Å². The number of nitrogens with one attached hydrogen (secondary N) is 2. The summed E-state index contributed by atoms with van der Waals surface area (Å²) in [5.41, 5.74) is 3.39. The summed E-state index contributed by atoms with van der Waals surface area (Å²) in [5, 5.41) is 2.09. The van der Waals surface area contributed by atoms with E-state index in [2.05, 4.69) is 10.3 Å². The fourth-order valence-corrected chi connectivity index (χ4v) is 2.77. The molecular weight excluding hydrogens is 348 g/mol. The van der Waals surface area contributed by atoms with Gasteiger partial charge in [-0.15, -0.1) is 0 Å². The van der Waals surface area contributed by atoms with Crippen molar-refractivity contribution in [3.05, 3.63) is 62.6 Å². The number of H-pyrrole nitrogens is 1. The number of carbonyl (C=O) groups is 3. The third-order valence-electron chi connectivity index (χ3n) is 4.07. The molecule has 2 amide bonds. The number of primary amides is 1. The molecule has 0 unspecified atom stereocenters. The van der Waals surface area contributed by atoms with Crippen LogP contribution < -0.4 is 16.6 Å². The molecule has 0 fully saturated rings.